The average molecular weight is 286 g/mol. The van der Waals surface area contributed by atoms with Gasteiger partial charge in [-0.05, 0) is 32.7 Å². The van der Waals surface area contributed by atoms with Crippen LogP contribution in [0.5, 0.6) is 0 Å². The maximum Gasteiger partial charge on any atom is 0.246 e. The lowest BCUT2D eigenvalue weighted by Crippen LogP contribution is -2.39. The van der Waals surface area contributed by atoms with E-state index in [0.717, 1.165) is 12.8 Å². The monoisotopic (exact) mass is 286 g/mol. The number of sulfonamides is 1. The Bertz CT molecular complexity index is 538. The number of aromatic nitrogens is 2. The normalized spacial score (nSPS) is 21.7. The number of aryl methyl sites for hydroxylation is 1. The number of piperidine rings is 1. The van der Waals surface area contributed by atoms with Crippen molar-refractivity contribution in [3.05, 3.63) is 11.4 Å². The zero-order valence-corrected chi connectivity index (χ0v) is 12.5. The van der Waals surface area contributed by atoms with Gasteiger partial charge in [-0.3, -0.25) is 5.10 Å². The lowest BCUT2D eigenvalue weighted by molar-refractivity contribution is 0.281. The lowest BCUT2D eigenvalue weighted by atomic mass is 10.0. The Hall–Kier alpha value is -0.920. The first-order chi connectivity index (χ1) is 8.96. The van der Waals surface area contributed by atoms with Gasteiger partial charge in [0.25, 0.3) is 0 Å². The van der Waals surface area contributed by atoms with E-state index in [-0.39, 0.29) is 0 Å². The lowest BCUT2D eigenvalue weighted by Gasteiger charge is -2.30. The van der Waals surface area contributed by atoms with Crippen LogP contribution >= 0.6 is 0 Å². The van der Waals surface area contributed by atoms with Crippen LogP contribution in [0.3, 0.4) is 0 Å². The van der Waals surface area contributed by atoms with Gasteiger partial charge in [-0.15, -0.1) is 0 Å². The summed E-state index contributed by atoms with van der Waals surface area (Å²) in [7, 11) is -1.65. The van der Waals surface area contributed by atoms with Crippen molar-refractivity contribution in [2.24, 2.45) is 5.92 Å². The molecule has 0 spiro atoms. The molecule has 1 aromatic heterocycles. The molecule has 1 aliphatic heterocycles. The van der Waals surface area contributed by atoms with Crippen molar-refractivity contribution in [1.82, 2.24) is 19.8 Å². The van der Waals surface area contributed by atoms with E-state index in [9.17, 15) is 8.42 Å². The van der Waals surface area contributed by atoms with Crippen molar-refractivity contribution < 1.29 is 8.42 Å². The molecule has 0 bridgehead atoms. The minimum atomic E-state index is -3.44. The van der Waals surface area contributed by atoms with E-state index in [1.807, 2.05) is 0 Å². The molecule has 108 valence electrons. The summed E-state index contributed by atoms with van der Waals surface area (Å²) in [5.74, 6) is 0.420. The molecule has 0 saturated carbocycles. The number of hydrogen-bond acceptors (Lipinski definition) is 4. The van der Waals surface area contributed by atoms with E-state index < -0.39 is 10.0 Å². The molecule has 0 aromatic carbocycles. The van der Waals surface area contributed by atoms with E-state index in [1.165, 1.54) is 0 Å². The highest BCUT2D eigenvalue weighted by Crippen LogP contribution is 2.26. The van der Waals surface area contributed by atoms with Crippen molar-refractivity contribution in [3.63, 3.8) is 0 Å². The minimum Gasteiger partial charge on any atom is -0.314 e. The number of nitrogens with zero attached hydrogens (tertiary/aromatic N) is 2. The SMILES string of the molecule is CNCc1n[nH]c(C)c1S(=O)(=O)N1CCCC(C)C1. The fraction of sp³-hybridized carbons (Fsp3) is 0.750. The fourth-order valence-corrected chi connectivity index (χ4v) is 4.52. The summed E-state index contributed by atoms with van der Waals surface area (Å²) >= 11 is 0. The van der Waals surface area contributed by atoms with Gasteiger partial charge in [-0.25, -0.2) is 8.42 Å². The van der Waals surface area contributed by atoms with Crippen LogP contribution in [0.15, 0.2) is 4.90 Å². The van der Waals surface area contributed by atoms with E-state index in [1.54, 1.807) is 18.3 Å². The predicted octanol–water partition coefficient (Wildman–Crippen LogP) is 0.858. The summed E-state index contributed by atoms with van der Waals surface area (Å²) in [5.41, 5.74) is 1.18. The molecule has 1 fully saturated rings. The van der Waals surface area contributed by atoms with Gasteiger partial charge in [0.05, 0.1) is 11.4 Å². The van der Waals surface area contributed by atoms with Crippen molar-refractivity contribution in [1.29, 1.82) is 0 Å². The second-order valence-electron chi connectivity index (χ2n) is 5.27. The molecular formula is C12H22N4O2S. The molecule has 19 heavy (non-hydrogen) atoms. The van der Waals surface area contributed by atoms with Gasteiger partial charge >= 0.3 is 0 Å². The number of nitrogens with one attached hydrogen (secondary N) is 2. The third-order valence-corrected chi connectivity index (χ3v) is 5.59. The molecule has 6 nitrogen and oxygen atoms in total. The smallest absolute Gasteiger partial charge is 0.246 e. The first-order valence-corrected chi connectivity index (χ1v) is 8.09. The Morgan fingerprint density at radius 3 is 2.89 bits per heavy atom. The molecule has 7 heteroatoms. The van der Waals surface area contributed by atoms with Gasteiger partial charge in [0.1, 0.15) is 4.90 Å². The summed E-state index contributed by atoms with van der Waals surface area (Å²) < 4.78 is 27.1. The van der Waals surface area contributed by atoms with Gasteiger partial charge in [0.15, 0.2) is 0 Å². The highest BCUT2D eigenvalue weighted by Gasteiger charge is 2.33. The van der Waals surface area contributed by atoms with Crippen LogP contribution in [0.25, 0.3) is 0 Å². The summed E-state index contributed by atoms with van der Waals surface area (Å²) in [4.78, 5) is 0.343. The highest BCUT2D eigenvalue weighted by atomic mass is 32.2. The number of aromatic amines is 1. The Morgan fingerprint density at radius 1 is 1.53 bits per heavy atom. The Kier molecular flexibility index (Phi) is 4.27. The molecule has 1 aromatic rings. The molecule has 0 amide bonds. The molecule has 2 heterocycles. The Labute approximate surface area is 114 Å². The van der Waals surface area contributed by atoms with Crippen LogP contribution in [0.2, 0.25) is 0 Å². The molecule has 1 saturated heterocycles. The second kappa shape index (κ2) is 5.60. The molecule has 1 aliphatic rings. The van der Waals surface area contributed by atoms with Gasteiger partial charge in [-0.2, -0.15) is 9.40 Å². The van der Waals surface area contributed by atoms with Crippen molar-refractivity contribution in [3.8, 4) is 0 Å². The second-order valence-corrected chi connectivity index (χ2v) is 7.14. The van der Waals surface area contributed by atoms with E-state index in [2.05, 4.69) is 22.4 Å². The quantitative estimate of drug-likeness (QED) is 0.860. The van der Waals surface area contributed by atoms with Crippen molar-refractivity contribution in [2.75, 3.05) is 20.1 Å². The summed E-state index contributed by atoms with van der Waals surface area (Å²) in [6, 6.07) is 0. The minimum absolute atomic E-state index is 0.343. The van der Waals surface area contributed by atoms with Crippen LogP contribution in [-0.2, 0) is 16.6 Å². The zero-order chi connectivity index (χ0) is 14.0. The number of hydrogen-bond donors (Lipinski definition) is 2. The molecule has 0 radical (unpaired) electrons. The van der Waals surface area contributed by atoms with Crippen LogP contribution < -0.4 is 5.32 Å². The summed E-state index contributed by atoms with van der Waals surface area (Å²) in [6.07, 6.45) is 2.03. The summed E-state index contributed by atoms with van der Waals surface area (Å²) in [5, 5.41) is 9.83. The Balaban J connectivity index is 2.36. The van der Waals surface area contributed by atoms with Crippen molar-refractivity contribution >= 4 is 10.0 Å². The van der Waals surface area contributed by atoms with Gasteiger partial charge < -0.3 is 5.32 Å². The van der Waals surface area contributed by atoms with Crippen molar-refractivity contribution in [2.45, 2.75) is 38.1 Å². The molecular weight excluding hydrogens is 264 g/mol. The van der Waals surface area contributed by atoms with Gasteiger partial charge in [0, 0.05) is 19.6 Å². The molecule has 1 atom stereocenters. The van der Waals surface area contributed by atoms with Crippen LogP contribution in [-0.4, -0.2) is 43.1 Å². The summed E-state index contributed by atoms with van der Waals surface area (Å²) in [6.45, 7) is 5.51. The topological polar surface area (TPSA) is 78.1 Å². The third-order valence-electron chi connectivity index (χ3n) is 3.52. The van der Waals surface area contributed by atoms with Gasteiger partial charge in [0.2, 0.25) is 10.0 Å². The number of rotatable bonds is 4. The maximum atomic E-state index is 12.7. The molecule has 0 aliphatic carbocycles. The predicted molar refractivity (Wildman–Crippen MR) is 73.2 cm³/mol. The molecule has 2 rings (SSSR count). The first kappa shape index (κ1) is 14.5. The largest absolute Gasteiger partial charge is 0.314 e. The molecule has 1 unspecified atom stereocenters. The average Bonchev–Trinajstić information content (AvgIpc) is 2.71. The fourth-order valence-electron chi connectivity index (χ4n) is 2.59. The van der Waals surface area contributed by atoms with Crippen LogP contribution in [0.1, 0.15) is 31.2 Å². The first-order valence-electron chi connectivity index (χ1n) is 6.65. The van der Waals surface area contributed by atoms with Gasteiger partial charge in [-0.1, -0.05) is 6.92 Å². The molecule has 2 N–H and O–H groups in total. The van der Waals surface area contributed by atoms with E-state index in [0.29, 0.717) is 41.8 Å². The highest BCUT2D eigenvalue weighted by molar-refractivity contribution is 7.89. The third kappa shape index (κ3) is 2.82. The zero-order valence-electron chi connectivity index (χ0n) is 11.7. The standard InChI is InChI=1S/C12H22N4O2S/c1-9-5-4-6-16(8-9)19(17,18)12-10(2)14-15-11(12)7-13-3/h9,13H,4-8H2,1-3H3,(H,14,15). The van der Waals surface area contributed by atoms with E-state index >= 15 is 0 Å². The van der Waals surface area contributed by atoms with Crippen LogP contribution in [0.4, 0.5) is 0 Å². The maximum absolute atomic E-state index is 12.7. The Morgan fingerprint density at radius 2 is 2.26 bits per heavy atom. The van der Waals surface area contributed by atoms with E-state index in [4.69, 9.17) is 0 Å². The van der Waals surface area contributed by atoms with Crippen LogP contribution in [0, 0.1) is 12.8 Å². The number of H-pyrrole nitrogens is 1.